The molecular formula is C20H25ClN4OS. The van der Waals surface area contributed by atoms with Crippen LogP contribution < -0.4 is 16.4 Å². The molecule has 1 aliphatic rings. The van der Waals surface area contributed by atoms with E-state index in [2.05, 4.69) is 10.6 Å². The maximum Gasteiger partial charge on any atom is 0.237 e. The zero-order valence-electron chi connectivity index (χ0n) is 15.2. The predicted molar refractivity (Wildman–Crippen MR) is 113 cm³/mol. The maximum atomic E-state index is 13.1. The number of nitrogen functional groups attached to an aromatic ring is 1. The Kier molecular flexibility index (Phi) is 7.41. The van der Waals surface area contributed by atoms with Gasteiger partial charge in [-0.3, -0.25) is 4.79 Å². The molecule has 2 aromatic carbocycles. The number of benzene rings is 2. The number of piperazine rings is 1. The van der Waals surface area contributed by atoms with Crippen LogP contribution in [0.3, 0.4) is 0 Å². The largest absolute Gasteiger partial charge is 0.399 e. The predicted octanol–water partition coefficient (Wildman–Crippen LogP) is 2.60. The second kappa shape index (κ2) is 9.99. The summed E-state index contributed by atoms with van der Waals surface area (Å²) < 4.78 is 0. The Morgan fingerprint density at radius 3 is 2.67 bits per heavy atom. The van der Waals surface area contributed by atoms with Crippen molar-refractivity contribution in [1.82, 2.24) is 15.5 Å². The summed E-state index contributed by atoms with van der Waals surface area (Å²) in [6, 6.07) is 15.4. The number of thioether (sulfide) groups is 1. The van der Waals surface area contributed by atoms with Crippen molar-refractivity contribution >= 4 is 35.0 Å². The highest BCUT2D eigenvalue weighted by atomic mass is 35.5. The van der Waals surface area contributed by atoms with Crippen molar-refractivity contribution in [3.8, 4) is 0 Å². The number of anilines is 1. The molecule has 2 aromatic rings. The van der Waals surface area contributed by atoms with Gasteiger partial charge in [0.05, 0.1) is 0 Å². The molecule has 1 heterocycles. The molecule has 1 saturated heterocycles. The zero-order chi connectivity index (χ0) is 19.1. The van der Waals surface area contributed by atoms with Crippen LogP contribution in [0.4, 0.5) is 5.69 Å². The molecule has 1 unspecified atom stereocenters. The van der Waals surface area contributed by atoms with Gasteiger partial charge in [-0.1, -0.05) is 29.8 Å². The Morgan fingerprint density at radius 2 is 1.96 bits per heavy atom. The minimum atomic E-state index is -0.197. The third kappa shape index (κ3) is 6.14. The Morgan fingerprint density at radius 1 is 1.22 bits per heavy atom. The average molecular weight is 405 g/mol. The van der Waals surface area contributed by atoms with E-state index in [-0.39, 0.29) is 11.2 Å². The Balaban J connectivity index is 1.64. The lowest BCUT2D eigenvalue weighted by Crippen LogP contribution is -2.50. The van der Waals surface area contributed by atoms with E-state index < -0.39 is 0 Å². The van der Waals surface area contributed by atoms with Crippen LogP contribution in [0.2, 0.25) is 5.02 Å². The first-order chi connectivity index (χ1) is 13.1. The van der Waals surface area contributed by atoms with E-state index in [4.69, 9.17) is 17.3 Å². The van der Waals surface area contributed by atoms with Gasteiger partial charge >= 0.3 is 0 Å². The van der Waals surface area contributed by atoms with Crippen molar-refractivity contribution in [3.05, 3.63) is 59.1 Å². The van der Waals surface area contributed by atoms with Crippen LogP contribution in [-0.2, 0) is 11.3 Å². The second-order valence-corrected chi connectivity index (χ2v) is 8.22. The summed E-state index contributed by atoms with van der Waals surface area (Å²) in [6.07, 6.45) is 0. The number of nitrogens with one attached hydrogen (secondary N) is 2. The number of amides is 1. The minimum absolute atomic E-state index is 0.174. The smallest absolute Gasteiger partial charge is 0.237 e. The van der Waals surface area contributed by atoms with Gasteiger partial charge in [-0.15, -0.1) is 11.8 Å². The summed E-state index contributed by atoms with van der Waals surface area (Å²) in [5, 5.41) is 7.24. The fourth-order valence-electron chi connectivity index (χ4n) is 2.97. The molecule has 1 amide bonds. The summed E-state index contributed by atoms with van der Waals surface area (Å²) in [7, 11) is 0. The van der Waals surface area contributed by atoms with Crippen molar-refractivity contribution < 1.29 is 4.79 Å². The van der Waals surface area contributed by atoms with Crippen LogP contribution in [0.5, 0.6) is 0 Å². The first-order valence-electron chi connectivity index (χ1n) is 9.09. The molecule has 7 heteroatoms. The van der Waals surface area contributed by atoms with Gasteiger partial charge in [-0.25, -0.2) is 0 Å². The molecule has 0 saturated carbocycles. The monoisotopic (exact) mass is 404 g/mol. The van der Waals surface area contributed by atoms with E-state index in [9.17, 15) is 4.79 Å². The van der Waals surface area contributed by atoms with Gasteiger partial charge in [0.1, 0.15) is 5.25 Å². The molecule has 27 heavy (non-hydrogen) atoms. The molecule has 0 aromatic heterocycles. The minimum Gasteiger partial charge on any atom is -0.399 e. The fraction of sp³-hybridized carbons (Fsp3) is 0.350. The number of hydrogen-bond donors (Lipinski definition) is 3. The van der Waals surface area contributed by atoms with E-state index in [0.29, 0.717) is 18.8 Å². The van der Waals surface area contributed by atoms with Gasteiger partial charge in [0.15, 0.2) is 0 Å². The molecule has 5 nitrogen and oxygen atoms in total. The van der Waals surface area contributed by atoms with Gasteiger partial charge < -0.3 is 21.3 Å². The van der Waals surface area contributed by atoms with Gasteiger partial charge in [-0.2, -0.15) is 0 Å². The molecule has 3 rings (SSSR count). The van der Waals surface area contributed by atoms with Gasteiger partial charge in [0, 0.05) is 54.9 Å². The van der Waals surface area contributed by atoms with Crippen molar-refractivity contribution in [2.24, 2.45) is 0 Å². The molecule has 144 valence electrons. The van der Waals surface area contributed by atoms with Crippen molar-refractivity contribution in [3.63, 3.8) is 0 Å². The lowest BCUT2D eigenvalue weighted by molar-refractivity contribution is -0.131. The first-order valence-corrected chi connectivity index (χ1v) is 10.3. The third-order valence-corrected chi connectivity index (χ3v) is 5.84. The van der Waals surface area contributed by atoms with E-state index >= 15 is 0 Å². The number of nitrogens with zero attached hydrogens (tertiary/aromatic N) is 1. The lowest BCUT2D eigenvalue weighted by atomic mass is 10.2. The summed E-state index contributed by atoms with van der Waals surface area (Å²) in [5.41, 5.74) is 7.75. The second-order valence-electron chi connectivity index (χ2n) is 6.51. The van der Waals surface area contributed by atoms with Crippen LogP contribution in [0, 0.1) is 0 Å². The number of hydrogen-bond acceptors (Lipinski definition) is 5. The molecule has 0 spiro atoms. The number of nitrogens with two attached hydrogens (primary N) is 1. The van der Waals surface area contributed by atoms with Crippen LogP contribution in [-0.4, -0.2) is 48.8 Å². The molecule has 0 radical (unpaired) electrons. The van der Waals surface area contributed by atoms with E-state index in [1.165, 1.54) is 0 Å². The van der Waals surface area contributed by atoms with Gasteiger partial charge in [0.25, 0.3) is 0 Å². The molecule has 0 bridgehead atoms. The van der Waals surface area contributed by atoms with Crippen molar-refractivity contribution in [2.75, 3.05) is 38.5 Å². The molecule has 4 N–H and O–H groups in total. The number of rotatable bonds is 7. The highest BCUT2D eigenvalue weighted by molar-refractivity contribution is 8.00. The van der Waals surface area contributed by atoms with Gasteiger partial charge in [-0.05, 0) is 35.9 Å². The zero-order valence-corrected chi connectivity index (χ0v) is 16.7. The molecule has 1 fully saturated rings. The third-order valence-electron chi connectivity index (χ3n) is 4.41. The summed E-state index contributed by atoms with van der Waals surface area (Å²) >= 11 is 7.50. The summed E-state index contributed by atoms with van der Waals surface area (Å²) in [5.74, 6) is 0.174. The first kappa shape index (κ1) is 20.0. The molecule has 1 atom stereocenters. The number of carbonyl (C=O) groups excluding carboxylic acids is 1. The van der Waals surface area contributed by atoms with Crippen molar-refractivity contribution in [1.29, 1.82) is 0 Å². The Hall–Kier alpha value is -1.73. The Labute approximate surface area is 169 Å². The van der Waals surface area contributed by atoms with E-state index in [0.717, 1.165) is 41.7 Å². The summed E-state index contributed by atoms with van der Waals surface area (Å²) in [4.78, 5) is 16.0. The maximum absolute atomic E-state index is 13.1. The standard InChI is InChI=1S/C20H25ClN4OS/c21-16-6-4-15(5-7-16)13-24-14-19(20(26)25-10-8-23-9-11-25)27-18-3-1-2-17(22)12-18/h1-7,12,19,23-24H,8-11,13-14,22H2. The lowest BCUT2D eigenvalue weighted by Gasteiger charge is -2.31. The van der Waals surface area contributed by atoms with Gasteiger partial charge in [0.2, 0.25) is 5.91 Å². The fourth-order valence-corrected chi connectivity index (χ4v) is 4.24. The topological polar surface area (TPSA) is 70.4 Å². The Bertz CT molecular complexity index is 750. The molecular weight excluding hydrogens is 380 g/mol. The highest BCUT2D eigenvalue weighted by Gasteiger charge is 2.26. The molecule has 0 aliphatic carbocycles. The quantitative estimate of drug-likeness (QED) is 0.488. The van der Waals surface area contributed by atoms with Crippen LogP contribution in [0.1, 0.15) is 5.56 Å². The average Bonchev–Trinajstić information content (AvgIpc) is 2.69. The number of carbonyl (C=O) groups is 1. The van der Waals surface area contributed by atoms with Crippen LogP contribution in [0.15, 0.2) is 53.4 Å². The number of halogens is 1. The molecule has 1 aliphatic heterocycles. The van der Waals surface area contributed by atoms with Crippen LogP contribution >= 0.6 is 23.4 Å². The van der Waals surface area contributed by atoms with Crippen LogP contribution in [0.25, 0.3) is 0 Å². The SMILES string of the molecule is Nc1cccc(SC(CNCc2ccc(Cl)cc2)C(=O)N2CCNCC2)c1. The van der Waals surface area contributed by atoms with Crippen molar-refractivity contribution in [2.45, 2.75) is 16.7 Å². The van der Waals surface area contributed by atoms with E-state index in [1.807, 2.05) is 53.4 Å². The highest BCUT2D eigenvalue weighted by Crippen LogP contribution is 2.26. The summed E-state index contributed by atoms with van der Waals surface area (Å²) in [6.45, 7) is 4.48. The normalized spacial score (nSPS) is 15.5. The van der Waals surface area contributed by atoms with E-state index in [1.54, 1.807) is 11.8 Å².